The highest BCUT2D eigenvalue weighted by Gasteiger charge is 2.16. The molecule has 5 heteroatoms. The van der Waals surface area contributed by atoms with Gasteiger partial charge in [-0.25, -0.2) is 0 Å². The van der Waals surface area contributed by atoms with Crippen LogP contribution in [0.15, 0.2) is 38.6 Å². The van der Waals surface area contributed by atoms with Gasteiger partial charge in [-0.3, -0.25) is 0 Å². The number of alkyl halides is 1. The van der Waals surface area contributed by atoms with Crippen LogP contribution >= 0.6 is 54.8 Å². The van der Waals surface area contributed by atoms with Crippen molar-refractivity contribution in [3.05, 3.63) is 49.0 Å². The molecule has 0 saturated heterocycles. The molecule has 2 aromatic rings. The normalized spacial score (nSPS) is 12.5. The van der Waals surface area contributed by atoms with Crippen LogP contribution < -0.4 is 4.74 Å². The summed E-state index contributed by atoms with van der Waals surface area (Å²) in [6.07, 6.45) is 0. The van der Waals surface area contributed by atoms with E-state index in [2.05, 4.69) is 31.9 Å². The Labute approximate surface area is 126 Å². The zero-order chi connectivity index (χ0) is 12.4. The quantitative estimate of drug-likeness (QED) is 0.613. The van der Waals surface area contributed by atoms with Crippen molar-refractivity contribution in [2.24, 2.45) is 0 Å². The van der Waals surface area contributed by atoms with Crippen LogP contribution in [0.25, 0.3) is 0 Å². The van der Waals surface area contributed by atoms with Crippen molar-refractivity contribution in [1.29, 1.82) is 0 Å². The highest BCUT2D eigenvalue weighted by atomic mass is 79.9. The number of halogens is 3. The van der Waals surface area contributed by atoms with Crippen molar-refractivity contribution in [1.82, 2.24) is 0 Å². The molecule has 0 N–H and O–H groups in total. The fraction of sp³-hybridized carbons (Fsp3) is 0.167. The summed E-state index contributed by atoms with van der Waals surface area (Å²) in [5.41, 5.74) is 1.04. The number of thiophene rings is 1. The summed E-state index contributed by atoms with van der Waals surface area (Å²) in [6, 6.07) is 9.86. The summed E-state index contributed by atoms with van der Waals surface area (Å²) in [4.78, 5) is 1.12. The summed E-state index contributed by atoms with van der Waals surface area (Å²) >= 11 is 15.1. The molecule has 0 aliphatic carbocycles. The molecule has 1 nitrogen and oxygen atoms in total. The minimum Gasteiger partial charge on any atom is -0.497 e. The van der Waals surface area contributed by atoms with Gasteiger partial charge in [-0.05, 0) is 45.8 Å². The van der Waals surface area contributed by atoms with Crippen molar-refractivity contribution < 1.29 is 4.74 Å². The van der Waals surface area contributed by atoms with E-state index < -0.39 is 0 Å². The van der Waals surface area contributed by atoms with Gasteiger partial charge in [0.25, 0.3) is 0 Å². The molecule has 0 saturated carbocycles. The molecule has 1 aromatic carbocycles. The Morgan fingerprint density at radius 2 is 2.00 bits per heavy atom. The van der Waals surface area contributed by atoms with Crippen molar-refractivity contribution in [2.45, 2.75) is 5.38 Å². The lowest BCUT2D eigenvalue weighted by Crippen LogP contribution is -1.92. The molecule has 1 heterocycles. The Kier molecular flexibility index (Phi) is 4.53. The largest absolute Gasteiger partial charge is 0.497 e. The highest BCUT2D eigenvalue weighted by Crippen LogP contribution is 2.39. The summed E-state index contributed by atoms with van der Waals surface area (Å²) in [5, 5.41) is -0.147. The lowest BCUT2D eigenvalue weighted by molar-refractivity contribution is 0.414. The minimum atomic E-state index is -0.147. The predicted octanol–water partition coefficient (Wildman–Crippen LogP) is 5.61. The van der Waals surface area contributed by atoms with E-state index >= 15 is 0 Å². The zero-order valence-corrected chi connectivity index (χ0v) is 13.7. The maximum Gasteiger partial charge on any atom is 0.120 e. The molecule has 1 aromatic heterocycles. The van der Waals surface area contributed by atoms with Crippen LogP contribution in [0.4, 0.5) is 0 Å². The first-order chi connectivity index (χ1) is 8.11. The van der Waals surface area contributed by atoms with Gasteiger partial charge in [0.15, 0.2) is 0 Å². The minimum absolute atomic E-state index is 0.147. The smallest absolute Gasteiger partial charge is 0.120 e. The van der Waals surface area contributed by atoms with Crippen LogP contribution in [-0.2, 0) is 0 Å². The lowest BCUT2D eigenvalue weighted by atomic mass is 10.1. The van der Waals surface area contributed by atoms with Crippen LogP contribution in [0, 0.1) is 0 Å². The molecule has 0 amide bonds. The number of methoxy groups -OCH3 is 1. The van der Waals surface area contributed by atoms with Gasteiger partial charge in [0.2, 0.25) is 0 Å². The number of ether oxygens (including phenoxy) is 1. The first-order valence-corrected chi connectivity index (χ1v) is 7.68. The molecule has 0 radical (unpaired) electrons. The topological polar surface area (TPSA) is 9.23 Å². The molecular formula is C12H9Br2ClOS. The third-order valence-corrected chi connectivity index (χ3v) is 5.30. The van der Waals surface area contributed by atoms with Gasteiger partial charge in [-0.2, -0.15) is 0 Å². The van der Waals surface area contributed by atoms with E-state index in [1.54, 1.807) is 18.4 Å². The maximum absolute atomic E-state index is 6.46. The molecule has 0 aliphatic heterocycles. The third-order valence-electron chi connectivity index (χ3n) is 2.32. The zero-order valence-electron chi connectivity index (χ0n) is 8.91. The average Bonchev–Trinajstić information content (AvgIpc) is 2.75. The van der Waals surface area contributed by atoms with Gasteiger partial charge in [0.1, 0.15) is 5.75 Å². The first kappa shape index (κ1) is 13.4. The van der Waals surface area contributed by atoms with Gasteiger partial charge >= 0.3 is 0 Å². The summed E-state index contributed by atoms with van der Waals surface area (Å²) in [7, 11) is 1.65. The van der Waals surface area contributed by atoms with E-state index in [9.17, 15) is 0 Å². The van der Waals surface area contributed by atoms with Crippen molar-refractivity contribution in [2.75, 3.05) is 7.11 Å². The van der Waals surface area contributed by atoms with Crippen LogP contribution in [0.3, 0.4) is 0 Å². The standard InChI is InChI=1S/C12H9Br2ClOS/c1-16-7-2-3-8(9(13)6-7)12(15)10-4-5-11(14)17-10/h2-6,12H,1H3. The Bertz CT molecular complexity index is 527. The van der Waals surface area contributed by atoms with E-state index in [1.165, 1.54) is 0 Å². The van der Waals surface area contributed by atoms with E-state index in [4.69, 9.17) is 16.3 Å². The summed E-state index contributed by atoms with van der Waals surface area (Å²) in [6.45, 7) is 0. The SMILES string of the molecule is COc1ccc(C(Cl)c2ccc(Br)s2)c(Br)c1. The number of rotatable bonds is 3. The number of benzene rings is 1. The first-order valence-electron chi connectivity index (χ1n) is 4.84. The van der Waals surface area contributed by atoms with Crippen LogP contribution in [0.1, 0.15) is 15.8 Å². The highest BCUT2D eigenvalue weighted by molar-refractivity contribution is 9.11. The maximum atomic E-state index is 6.46. The van der Waals surface area contributed by atoms with E-state index in [0.29, 0.717) is 0 Å². The van der Waals surface area contributed by atoms with Gasteiger partial charge in [0, 0.05) is 9.35 Å². The van der Waals surface area contributed by atoms with Gasteiger partial charge in [-0.1, -0.05) is 22.0 Å². The van der Waals surface area contributed by atoms with E-state index in [-0.39, 0.29) is 5.38 Å². The Hall–Kier alpha value is -0.0300. The monoisotopic (exact) mass is 394 g/mol. The van der Waals surface area contributed by atoms with Gasteiger partial charge in [0.05, 0.1) is 16.3 Å². The third kappa shape index (κ3) is 3.05. The Balaban J connectivity index is 2.34. The lowest BCUT2D eigenvalue weighted by Gasteiger charge is -2.11. The van der Waals surface area contributed by atoms with Crippen LogP contribution in [0.5, 0.6) is 5.75 Å². The van der Waals surface area contributed by atoms with Crippen molar-refractivity contribution in [3.8, 4) is 5.75 Å². The fourth-order valence-corrected chi connectivity index (χ4v) is 3.99. The predicted molar refractivity (Wildman–Crippen MR) is 80.4 cm³/mol. The molecule has 0 spiro atoms. The van der Waals surface area contributed by atoms with Crippen molar-refractivity contribution in [3.63, 3.8) is 0 Å². The van der Waals surface area contributed by atoms with Crippen LogP contribution in [-0.4, -0.2) is 7.11 Å². The Morgan fingerprint density at radius 1 is 1.24 bits per heavy atom. The summed E-state index contributed by atoms with van der Waals surface area (Å²) in [5.74, 6) is 0.817. The summed E-state index contributed by atoms with van der Waals surface area (Å²) < 4.78 is 7.21. The molecule has 17 heavy (non-hydrogen) atoms. The van der Waals surface area contributed by atoms with Gasteiger partial charge in [-0.15, -0.1) is 22.9 Å². The average molecular weight is 397 g/mol. The fourth-order valence-electron chi connectivity index (χ4n) is 1.46. The second-order valence-corrected chi connectivity index (χ2v) is 7.18. The van der Waals surface area contributed by atoms with Gasteiger partial charge < -0.3 is 4.74 Å². The molecule has 0 fully saturated rings. The second-order valence-electron chi connectivity index (χ2n) is 3.39. The van der Waals surface area contributed by atoms with E-state index in [1.807, 2.05) is 30.3 Å². The van der Waals surface area contributed by atoms with Crippen LogP contribution in [0.2, 0.25) is 0 Å². The number of hydrogen-bond acceptors (Lipinski definition) is 2. The molecule has 1 atom stereocenters. The molecule has 1 unspecified atom stereocenters. The van der Waals surface area contributed by atoms with Crippen molar-refractivity contribution >= 4 is 54.8 Å². The van der Waals surface area contributed by atoms with E-state index in [0.717, 1.165) is 24.4 Å². The number of hydrogen-bond donors (Lipinski definition) is 0. The second kappa shape index (κ2) is 5.74. The Morgan fingerprint density at radius 3 is 2.53 bits per heavy atom. The molecule has 2 rings (SSSR count). The molecule has 90 valence electrons. The molecular weight excluding hydrogens is 387 g/mol. The molecule has 0 bridgehead atoms. The molecule has 0 aliphatic rings.